The molecule has 2 aromatic carbocycles. The van der Waals surface area contributed by atoms with Crippen LogP contribution in [0.4, 0.5) is 0 Å². The zero-order chi connectivity index (χ0) is 18.6. The largest absolute Gasteiger partial charge is 0.494 e. The van der Waals surface area contributed by atoms with Gasteiger partial charge >= 0.3 is 0 Å². The number of hydrogen-bond donors (Lipinski definition) is 2. The molecule has 0 radical (unpaired) electrons. The minimum Gasteiger partial charge on any atom is -0.494 e. The standard InChI is InChI=1S/C23H34N2O/c1-19(2)24-16-8-17-25-20(3)22-12-14-23(15-13-22)26-18-7-11-21-9-5-4-6-10-21/h4-6,9-10,12-15,19-20,24-25H,7-8,11,16-18H2,1-3H3. The first kappa shape index (κ1) is 20.5. The topological polar surface area (TPSA) is 33.3 Å². The number of ether oxygens (including phenoxy) is 1. The average Bonchev–Trinajstić information content (AvgIpc) is 2.66. The molecule has 1 atom stereocenters. The molecule has 1 unspecified atom stereocenters. The molecule has 0 saturated heterocycles. The molecule has 3 nitrogen and oxygen atoms in total. The summed E-state index contributed by atoms with van der Waals surface area (Å²) in [5.41, 5.74) is 2.67. The summed E-state index contributed by atoms with van der Waals surface area (Å²) in [6.45, 7) is 9.42. The van der Waals surface area contributed by atoms with Gasteiger partial charge in [-0.15, -0.1) is 0 Å². The second-order valence-corrected chi connectivity index (χ2v) is 7.14. The first-order chi connectivity index (χ1) is 12.6. The molecule has 0 bridgehead atoms. The Labute approximate surface area is 159 Å². The van der Waals surface area contributed by atoms with E-state index in [4.69, 9.17) is 4.74 Å². The van der Waals surface area contributed by atoms with Gasteiger partial charge in [-0.3, -0.25) is 0 Å². The summed E-state index contributed by atoms with van der Waals surface area (Å²) in [7, 11) is 0. The van der Waals surface area contributed by atoms with E-state index in [-0.39, 0.29) is 0 Å². The van der Waals surface area contributed by atoms with Crippen molar-refractivity contribution in [3.05, 3.63) is 65.7 Å². The summed E-state index contributed by atoms with van der Waals surface area (Å²) in [4.78, 5) is 0. The van der Waals surface area contributed by atoms with Crippen LogP contribution in [0.25, 0.3) is 0 Å². The first-order valence-corrected chi connectivity index (χ1v) is 9.88. The number of benzene rings is 2. The van der Waals surface area contributed by atoms with Crippen molar-refractivity contribution in [3.63, 3.8) is 0 Å². The summed E-state index contributed by atoms with van der Waals surface area (Å²) in [5, 5.41) is 7.03. The van der Waals surface area contributed by atoms with Crippen molar-refractivity contribution in [2.45, 2.75) is 52.1 Å². The van der Waals surface area contributed by atoms with E-state index in [1.54, 1.807) is 0 Å². The van der Waals surface area contributed by atoms with Gasteiger partial charge in [-0.25, -0.2) is 0 Å². The zero-order valence-electron chi connectivity index (χ0n) is 16.5. The molecule has 0 spiro atoms. The predicted molar refractivity (Wildman–Crippen MR) is 111 cm³/mol. The Balaban J connectivity index is 1.63. The van der Waals surface area contributed by atoms with Crippen LogP contribution in [0.3, 0.4) is 0 Å². The summed E-state index contributed by atoms with van der Waals surface area (Å²) in [6, 6.07) is 20.0. The molecule has 0 fully saturated rings. The van der Waals surface area contributed by atoms with Gasteiger partial charge in [0, 0.05) is 12.1 Å². The minimum atomic E-state index is 0.362. The lowest BCUT2D eigenvalue weighted by molar-refractivity contribution is 0.311. The fourth-order valence-corrected chi connectivity index (χ4v) is 2.88. The lowest BCUT2D eigenvalue weighted by atomic mass is 10.1. The highest BCUT2D eigenvalue weighted by molar-refractivity contribution is 5.29. The van der Waals surface area contributed by atoms with Gasteiger partial charge in [-0.2, -0.15) is 0 Å². The number of aryl methyl sites for hydroxylation is 1. The molecule has 26 heavy (non-hydrogen) atoms. The minimum absolute atomic E-state index is 0.362. The maximum Gasteiger partial charge on any atom is 0.119 e. The molecular weight excluding hydrogens is 320 g/mol. The summed E-state index contributed by atoms with van der Waals surface area (Å²) >= 11 is 0. The average molecular weight is 355 g/mol. The highest BCUT2D eigenvalue weighted by atomic mass is 16.5. The highest BCUT2D eigenvalue weighted by Gasteiger charge is 2.05. The predicted octanol–water partition coefficient (Wildman–Crippen LogP) is 4.74. The van der Waals surface area contributed by atoms with Gasteiger partial charge in [0.25, 0.3) is 0 Å². The van der Waals surface area contributed by atoms with E-state index in [2.05, 4.69) is 86.0 Å². The monoisotopic (exact) mass is 354 g/mol. The van der Waals surface area contributed by atoms with E-state index in [9.17, 15) is 0 Å². The van der Waals surface area contributed by atoms with Crippen LogP contribution in [-0.4, -0.2) is 25.7 Å². The summed E-state index contributed by atoms with van der Waals surface area (Å²) in [5.74, 6) is 0.954. The lowest BCUT2D eigenvalue weighted by Crippen LogP contribution is -2.27. The van der Waals surface area contributed by atoms with Crippen molar-refractivity contribution in [1.29, 1.82) is 0 Å². The second kappa shape index (κ2) is 11.7. The van der Waals surface area contributed by atoms with Crippen LogP contribution in [0.5, 0.6) is 5.75 Å². The van der Waals surface area contributed by atoms with Crippen LogP contribution in [0.15, 0.2) is 54.6 Å². The molecule has 2 rings (SSSR count). The van der Waals surface area contributed by atoms with Crippen LogP contribution >= 0.6 is 0 Å². The molecule has 2 aromatic rings. The third-order valence-corrected chi connectivity index (χ3v) is 4.46. The smallest absolute Gasteiger partial charge is 0.119 e. The van der Waals surface area contributed by atoms with Gasteiger partial charge in [0.2, 0.25) is 0 Å². The quantitative estimate of drug-likeness (QED) is 0.540. The van der Waals surface area contributed by atoms with Gasteiger partial charge < -0.3 is 15.4 Å². The summed E-state index contributed by atoms with van der Waals surface area (Å²) < 4.78 is 5.87. The third-order valence-electron chi connectivity index (χ3n) is 4.46. The van der Waals surface area contributed by atoms with Crippen molar-refractivity contribution in [2.75, 3.05) is 19.7 Å². The van der Waals surface area contributed by atoms with Crippen LogP contribution in [0.2, 0.25) is 0 Å². The van der Waals surface area contributed by atoms with Gasteiger partial charge in [-0.1, -0.05) is 56.3 Å². The van der Waals surface area contributed by atoms with Crippen LogP contribution in [0, 0.1) is 0 Å². The molecule has 0 heterocycles. The van der Waals surface area contributed by atoms with Crippen LogP contribution < -0.4 is 15.4 Å². The van der Waals surface area contributed by atoms with Crippen molar-refractivity contribution >= 4 is 0 Å². The maximum absolute atomic E-state index is 5.87. The van der Waals surface area contributed by atoms with Crippen LogP contribution in [-0.2, 0) is 6.42 Å². The van der Waals surface area contributed by atoms with Crippen molar-refractivity contribution in [2.24, 2.45) is 0 Å². The normalized spacial score (nSPS) is 12.3. The van der Waals surface area contributed by atoms with E-state index >= 15 is 0 Å². The van der Waals surface area contributed by atoms with E-state index in [0.29, 0.717) is 12.1 Å². The Morgan fingerprint density at radius 1 is 0.808 bits per heavy atom. The number of nitrogens with one attached hydrogen (secondary N) is 2. The Morgan fingerprint density at radius 2 is 1.50 bits per heavy atom. The van der Waals surface area contributed by atoms with E-state index in [0.717, 1.165) is 44.7 Å². The molecule has 0 aliphatic rings. The fraction of sp³-hybridized carbons (Fsp3) is 0.478. The van der Waals surface area contributed by atoms with Crippen LogP contribution in [0.1, 0.15) is 50.8 Å². The zero-order valence-corrected chi connectivity index (χ0v) is 16.5. The Morgan fingerprint density at radius 3 is 2.19 bits per heavy atom. The highest BCUT2D eigenvalue weighted by Crippen LogP contribution is 2.18. The van der Waals surface area contributed by atoms with Crippen molar-refractivity contribution in [1.82, 2.24) is 10.6 Å². The van der Waals surface area contributed by atoms with Gasteiger partial charge in [0.15, 0.2) is 0 Å². The Hall–Kier alpha value is -1.84. The Bertz CT molecular complexity index is 595. The van der Waals surface area contributed by atoms with E-state index in [1.165, 1.54) is 11.1 Å². The first-order valence-electron chi connectivity index (χ1n) is 9.88. The van der Waals surface area contributed by atoms with Gasteiger partial charge in [0.05, 0.1) is 6.61 Å². The van der Waals surface area contributed by atoms with Crippen molar-refractivity contribution in [3.8, 4) is 5.75 Å². The third kappa shape index (κ3) is 8.03. The molecule has 0 aromatic heterocycles. The van der Waals surface area contributed by atoms with Gasteiger partial charge in [-0.05, 0) is 62.5 Å². The number of rotatable bonds is 12. The van der Waals surface area contributed by atoms with Crippen molar-refractivity contribution < 1.29 is 4.74 Å². The van der Waals surface area contributed by atoms with E-state index in [1.807, 2.05) is 0 Å². The summed E-state index contributed by atoms with van der Waals surface area (Å²) in [6.07, 6.45) is 3.24. The molecular formula is C23H34N2O. The second-order valence-electron chi connectivity index (χ2n) is 7.14. The molecule has 2 N–H and O–H groups in total. The molecule has 0 saturated carbocycles. The molecule has 142 valence electrons. The maximum atomic E-state index is 5.87. The van der Waals surface area contributed by atoms with E-state index < -0.39 is 0 Å². The molecule has 0 aliphatic heterocycles. The SMILES string of the molecule is CC(C)NCCCNC(C)c1ccc(OCCCc2ccccc2)cc1. The molecule has 0 amide bonds. The van der Waals surface area contributed by atoms with Gasteiger partial charge in [0.1, 0.15) is 5.75 Å². The number of hydrogen-bond acceptors (Lipinski definition) is 3. The fourth-order valence-electron chi connectivity index (χ4n) is 2.88. The molecule has 0 aliphatic carbocycles. The lowest BCUT2D eigenvalue weighted by Gasteiger charge is -2.15. The molecule has 3 heteroatoms. The Kier molecular flexibility index (Phi) is 9.22.